The molecule has 0 unspecified atom stereocenters. The minimum Gasteiger partial charge on any atom is -0.487 e. The number of nitrogens with one attached hydrogen (secondary N) is 3. The molecule has 0 aliphatic heterocycles. The standard InChI is InChI=1S/C28H34F4N6O4/c1-4-38(5-2)9-8-33-15-19-12-21(29)22(14-20(19)28(30,31)32)36-27(41)37-23-16-34-26(35-17(23)3)18-6-7-24(40)25(13-18)42-11-10-39/h6,12-14,16,33,39H,4-5,7-11,15H2,1-3H3,(H2,36,37,41). The van der Waals surface area contributed by atoms with E-state index in [4.69, 9.17) is 9.84 Å². The fourth-order valence-corrected chi connectivity index (χ4v) is 4.14. The molecular formula is C28H34F4N6O4. The molecule has 4 N–H and O–H groups in total. The summed E-state index contributed by atoms with van der Waals surface area (Å²) in [5.41, 5.74) is -1.04. The number of aryl methyl sites for hydroxylation is 1. The lowest BCUT2D eigenvalue weighted by Crippen LogP contribution is -2.32. The van der Waals surface area contributed by atoms with Crippen LogP contribution in [-0.2, 0) is 22.3 Å². The van der Waals surface area contributed by atoms with E-state index < -0.39 is 29.3 Å². The summed E-state index contributed by atoms with van der Waals surface area (Å²) in [6.45, 7) is 7.68. The summed E-state index contributed by atoms with van der Waals surface area (Å²) < 4.78 is 61.4. The van der Waals surface area contributed by atoms with E-state index in [0.717, 1.165) is 19.2 Å². The zero-order valence-corrected chi connectivity index (χ0v) is 23.6. The van der Waals surface area contributed by atoms with Crippen LogP contribution in [0.2, 0.25) is 0 Å². The molecule has 1 aromatic heterocycles. The molecule has 0 saturated carbocycles. The number of aliphatic hydroxyl groups excluding tert-OH is 1. The first-order valence-corrected chi connectivity index (χ1v) is 13.4. The smallest absolute Gasteiger partial charge is 0.416 e. The maximum atomic E-state index is 14.8. The average Bonchev–Trinajstić information content (AvgIpc) is 2.94. The number of Topliss-reactive ketones (excluding diaryl/α,β-unsaturated/α-hetero) is 1. The van der Waals surface area contributed by atoms with Gasteiger partial charge < -0.3 is 30.7 Å². The predicted octanol–water partition coefficient (Wildman–Crippen LogP) is 4.27. The van der Waals surface area contributed by atoms with Crippen molar-refractivity contribution in [1.82, 2.24) is 20.2 Å². The van der Waals surface area contributed by atoms with Crippen LogP contribution in [-0.4, -0.2) is 71.2 Å². The summed E-state index contributed by atoms with van der Waals surface area (Å²) in [7, 11) is 0. The van der Waals surface area contributed by atoms with Crippen LogP contribution in [0.15, 0.2) is 36.2 Å². The van der Waals surface area contributed by atoms with Crippen molar-refractivity contribution in [2.45, 2.75) is 39.9 Å². The number of urea groups is 1. The Bertz CT molecular complexity index is 1340. The Morgan fingerprint density at radius 3 is 2.52 bits per heavy atom. The first-order valence-electron chi connectivity index (χ1n) is 13.4. The van der Waals surface area contributed by atoms with E-state index in [1.807, 2.05) is 13.8 Å². The number of alkyl halides is 3. The molecule has 1 aromatic carbocycles. The van der Waals surface area contributed by atoms with Gasteiger partial charge in [-0.25, -0.2) is 19.2 Å². The van der Waals surface area contributed by atoms with Crippen LogP contribution in [0.3, 0.4) is 0 Å². The highest BCUT2D eigenvalue weighted by atomic mass is 19.4. The number of carbonyl (C=O) groups excluding carboxylic acids is 2. The second-order valence-electron chi connectivity index (χ2n) is 9.33. The van der Waals surface area contributed by atoms with E-state index in [-0.39, 0.29) is 54.8 Å². The van der Waals surface area contributed by atoms with Crippen molar-refractivity contribution in [3.8, 4) is 0 Å². The van der Waals surface area contributed by atoms with Gasteiger partial charge in [-0.1, -0.05) is 19.9 Å². The van der Waals surface area contributed by atoms with Crippen molar-refractivity contribution in [2.75, 3.05) is 50.0 Å². The Morgan fingerprint density at radius 1 is 1.17 bits per heavy atom. The molecule has 0 spiro atoms. The minimum absolute atomic E-state index is 0.0497. The Morgan fingerprint density at radius 2 is 1.88 bits per heavy atom. The number of aromatic nitrogens is 2. The maximum Gasteiger partial charge on any atom is 0.416 e. The number of halogens is 4. The quantitative estimate of drug-likeness (QED) is 0.200. The summed E-state index contributed by atoms with van der Waals surface area (Å²) >= 11 is 0. The van der Waals surface area contributed by atoms with Gasteiger partial charge in [-0.05, 0) is 43.8 Å². The van der Waals surface area contributed by atoms with Gasteiger partial charge in [-0.3, -0.25) is 4.79 Å². The van der Waals surface area contributed by atoms with E-state index in [1.165, 1.54) is 12.3 Å². The summed E-state index contributed by atoms with van der Waals surface area (Å²) in [6.07, 6.45) is -0.392. The van der Waals surface area contributed by atoms with E-state index in [0.29, 0.717) is 30.4 Å². The Labute approximate surface area is 240 Å². The topological polar surface area (TPSA) is 129 Å². The molecule has 0 radical (unpaired) electrons. The van der Waals surface area contributed by atoms with Gasteiger partial charge in [0.25, 0.3) is 0 Å². The first kappa shape index (κ1) is 32.6. The highest BCUT2D eigenvalue weighted by Gasteiger charge is 2.34. The molecule has 2 aromatic rings. The van der Waals surface area contributed by atoms with E-state index in [1.54, 1.807) is 13.0 Å². The number of aliphatic hydroxyl groups is 1. The second-order valence-corrected chi connectivity index (χ2v) is 9.33. The van der Waals surface area contributed by atoms with Crippen molar-refractivity contribution in [3.05, 3.63) is 64.7 Å². The molecule has 1 heterocycles. The van der Waals surface area contributed by atoms with Gasteiger partial charge in [0.1, 0.15) is 12.4 Å². The van der Waals surface area contributed by atoms with Crippen LogP contribution >= 0.6 is 0 Å². The van der Waals surface area contributed by atoms with Crippen LogP contribution in [0, 0.1) is 12.7 Å². The number of rotatable bonds is 13. The number of anilines is 2. The molecule has 0 fully saturated rings. The number of ketones is 1. The molecule has 0 atom stereocenters. The highest BCUT2D eigenvalue weighted by molar-refractivity contribution is 6.01. The number of benzene rings is 1. The molecule has 0 bridgehead atoms. The van der Waals surface area contributed by atoms with E-state index in [9.17, 15) is 27.2 Å². The summed E-state index contributed by atoms with van der Waals surface area (Å²) in [5, 5.41) is 16.4. The van der Waals surface area contributed by atoms with Crippen LogP contribution in [0.4, 0.5) is 33.7 Å². The number of hydrogen-bond acceptors (Lipinski definition) is 8. The van der Waals surface area contributed by atoms with Crippen LogP contribution < -0.4 is 16.0 Å². The Balaban J connectivity index is 1.70. The Kier molecular flexibility index (Phi) is 11.5. The summed E-state index contributed by atoms with van der Waals surface area (Å²) in [6, 6.07) is 0.344. The molecular weight excluding hydrogens is 560 g/mol. The molecule has 2 amide bonds. The largest absolute Gasteiger partial charge is 0.487 e. The third-order valence-electron chi connectivity index (χ3n) is 6.46. The molecule has 42 heavy (non-hydrogen) atoms. The normalized spacial score (nSPS) is 13.6. The number of ether oxygens (including phenoxy) is 1. The van der Waals surface area contributed by atoms with Gasteiger partial charge in [-0.2, -0.15) is 13.2 Å². The molecule has 1 aliphatic rings. The van der Waals surface area contributed by atoms with Gasteiger partial charge in [0.05, 0.1) is 35.4 Å². The van der Waals surface area contributed by atoms with Crippen molar-refractivity contribution in [2.24, 2.45) is 0 Å². The van der Waals surface area contributed by atoms with Gasteiger partial charge in [-0.15, -0.1) is 0 Å². The minimum atomic E-state index is -4.77. The number of carbonyl (C=O) groups is 2. The molecule has 10 nitrogen and oxygen atoms in total. The molecule has 14 heteroatoms. The van der Waals surface area contributed by atoms with Gasteiger partial charge in [0.2, 0.25) is 5.78 Å². The SMILES string of the molecule is CCN(CC)CCNCc1cc(F)c(NC(=O)Nc2cnc(C3=CCC(=O)C(OCCO)=C3)nc2C)cc1C(F)(F)F. The first-order chi connectivity index (χ1) is 20.0. The number of nitrogens with zero attached hydrogens (tertiary/aromatic N) is 3. The fourth-order valence-electron chi connectivity index (χ4n) is 4.14. The molecule has 0 saturated heterocycles. The van der Waals surface area contributed by atoms with E-state index >= 15 is 0 Å². The van der Waals surface area contributed by atoms with Crippen molar-refractivity contribution in [3.63, 3.8) is 0 Å². The van der Waals surface area contributed by atoms with Crippen molar-refractivity contribution in [1.29, 1.82) is 0 Å². The number of hydrogen-bond donors (Lipinski definition) is 4. The number of allylic oxidation sites excluding steroid dienone is 4. The van der Waals surface area contributed by atoms with Crippen molar-refractivity contribution >= 4 is 28.8 Å². The molecule has 3 rings (SSSR count). The third-order valence-corrected chi connectivity index (χ3v) is 6.46. The number of likely N-dealkylation sites (N-methyl/N-ethyl adjacent to an activating group) is 1. The summed E-state index contributed by atoms with van der Waals surface area (Å²) in [4.78, 5) is 35.2. The lowest BCUT2D eigenvalue weighted by atomic mass is 10.0. The summed E-state index contributed by atoms with van der Waals surface area (Å²) in [5.74, 6) is -0.990. The molecule has 228 valence electrons. The lowest BCUT2D eigenvalue weighted by Gasteiger charge is -2.19. The van der Waals surface area contributed by atoms with Crippen LogP contribution in [0.25, 0.3) is 5.57 Å². The third kappa shape index (κ3) is 8.81. The van der Waals surface area contributed by atoms with Crippen LogP contribution in [0.5, 0.6) is 0 Å². The van der Waals surface area contributed by atoms with E-state index in [2.05, 4.69) is 30.8 Å². The fraction of sp³-hybridized carbons (Fsp3) is 0.429. The monoisotopic (exact) mass is 594 g/mol. The maximum absolute atomic E-state index is 14.8. The number of amides is 2. The van der Waals surface area contributed by atoms with Gasteiger partial charge in [0, 0.05) is 31.6 Å². The zero-order valence-electron chi connectivity index (χ0n) is 23.6. The van der Waals surface area contributed by atoms with Gasteiger partial charge in [0.15, 0.2) is 11.6 Å². The molecule has 1 aliphatic carbocycles. The average molecular weight is 595 g/mol. The van der Waals surface area contributed by atoms with Crippen LogP contribution in [0.1, 0.15) is 42.9 Å². The highest BCUT2D eigenvalue weighted by Crippen LogP contribution is 2.35. The zero-order chi connectivity index (χ0) is 30.9. The Hall–Kier alpha value is -3.88. The lowest BCUT2D eigenvalue weighted by molar-refractivity contribution is -0.138. The second kappa shape index (κ2) is 14.8. The van der Waals surface area contributed by atoms with Crippen molar-refractivity contribution < 1.29 is 37.0 Å². The predicted molar refractivity (Wildman–Crippen MR) is 149 cm³/mol. The van der Waals surface area contributed by atoms with Gasteiger partial charge >= 0.3 is 12.2 Å².